The Balaban J connectivity index is 0.00000420. The van der Waals surface area contributed by atoms with Crippen molar-refractivity contribution in [1.29, 1.82) is 0 Å². The topological polar surface area (TPSA) is 75.2 Å². The van der Waals surface area contributed by atoms with E-state index < -0.39 is 10.8 Å². The van der Waals surface area contributed by atoms with Gasteiger partial charge in [0.15, 0.2) is 5.96 Å². The molecular formula is C20H35IN4O3S. The van der Waals surface area contributed by atoms with E-state index in [4.69, 9.17) is 9.47 Å². The minimum absolute atomic E-state index is 0. The van der Waals surface area contributed by atoms with E-state index in [-0.39, 0.29) is 34.8 Å². The first-order valence-corrected chi connectivity index (χ1v) is 10.9. The molecule has 0 amide bonds. The van der Waals surface area contributed by atoms with Crippen LogP contribution in [0.4, 0.5) is 5.69 Å². The third-order valence-corrected chi connectivity index (χ3v) is 6.66. The molecule has 1 heterocycles. The fourth-order valence-corrected chi connectivity index (χ4v) is 3.94. The van der Waals surface area contributed by atoms with Gasteiger partial charge in [-0.2, -0.15) is 0 Å². The van der Waals surface area contributed by atoms with Gasteiger partial charge in [-0.15, -0.1) is 24.0 Å². The van der Waals surface area contributed by atoms with Crippen LogP contribution in [-0.2, 0) is 10.8 Å². The second-order valence-corrected chi connectivity index (χ2v) is 10.1. The van der Waals surface area contributed by atoms with Crippen LogP contribution in [0, 0.1) is 0 Å². The molecule has 1 aliphatic heterocycles. The normalized spacial score (nSPS) is 18.1. The molecule has 1 aromatic carbocycles. The molecule has 1 aromatic rings. The average Bonchev–Trinajstić information content (AvgIpc) is 3.14. The highest BCUT2D eigenvalue weighted by Crippen LogP contribution is 2.30. The highest BCUT2D eigenvalue weighted by atomic mass is 127. The number of nitrogens with zero attached hydrogens (tertiary/aromatic N) is 2. The summed E-state index contributed by atoms with van der Waals surface area (Å²) in [6, 6.07) is 6.22. The lowest BCUT2D eigenvalue weighted by Gasteiger charge is -2.22. The maximum atomic E-state index is 12.2. The first kappa shape index (κ1) is 25.8. The van der Waals surface area contributed by atoms with Crippen molar-refractivity contribution in [3.63, 3.8) is 0 Å². The first-order valence-electron chi connectivity index (χ1n) is 9.60. The number of rotatable bonds is 7. The highest BCUT2D eigenvalue weighted by molar-refractivity contribution is 14.0. The summed E-state index contributed by atoms with van der Waals surface area (Å²) < 4.78 is 22.7. The average molecular weight is 538 g/mol. The number of aliphatic imine (C=N–C) groups is 1. The summed E-state index contributed by atoms with van der Waals surface area (Å²) in [5.74, 6) is 2.93. The summed E-state index contributed by atoms with van der Waals surface area (Å²) in [4.78, 5) is 6.61. The van der Waals surface area contributed by atoms with E-state index in [2.05, 4.69) is 20.5 Å². The van der Waals surface area contributed by atoms with E-state index in [1.807, 2.05) is 39.0 Å². The van der Waals surface area contributed by atoms with Crippen molar-refractivity contribution in [2.24, 2.45) is 4.99 Å². The minimum Gasteiger partial charge on any atom is -0.497 e. The van der Waals surface area contributed by atoms with Crippen LogP contribution in [0.5, 0.6) is 11.5 Å². The van der Waals surface area contributed by atoms with Crippen molar-refractivity contribution in [2.45, 2.75) is 38.0 Å². The number of hydrogen-bond donors (Lipinski definition) is 2. The van der Waals surface area contributed by atoms with Crippen molar-refractivity contribution >= 4 is 46.4 Å². The molecular weight excluding hydrogens is 503 g/mol. The van der Waals surface area contributed by atoms with Crippen molar-refractivity contribution in [3.05, 3.63) is 18.2 Å². The van der Waals surface area contributed by atoms with Crippen LogP contribution in [-0.4, -0.2) is 67.6 Å². The molecule has 7 nitrogen and oxygen atoms in total. The third kappa shape index (κ3) is 7.84. The van der Waals surface area contributed by atoms with Gasteiger partial charge in [-0.25, -0.2) is 0 Å². The molecule has 1 saturated heterocycles. The molecule has 2 unspecified atom stereocenters. The van der Waals surface area contributed by atoms with Crippen LogP contribution in [0.25, 0.3) is 0 Å². The smallest absolute Gasteiger partial charge is 0.191 e. The Kier molecular flexibility index (Phi) is 10.5. The summed E-state index contributed by atoms with van der Waals surface area (Å²) in [7, 11) is 4.21. The Hall–Kier alpha value is -1.23. The maximum absolute atomic E-state index is 12.2. The van der Waals surface area contributed by atoms with Crippen LogP contribution >= 0.6 is 24.0 Å². The van der Waals surface area contributed by atoms with Gasteiger partial charge in [0.1, 0.15) is 11.5 Å². The van der Waals surface area contributed by atoms with E-state index in [0.717, 1.165) is 42.7 Å². The molecule has 2 N–H and O–H groups in total. The molecule has 2 rings (SSSR count). The van der Waals surface area contributed by atoms with E-state index in [1.54, 1.807) is 21.3 Å². The van der Waals surface area contributed by atoms with Gasteiger partial charge in [0.2, 0.25) is 0 Å². The molecule has 29 heavy (non-hydrogen) atoms. The lowest BCUT2D eigenvalue weighted by molar-refractivity contribution is 0.394. The quantitative estimate of drug-likeness (QED) is 0.316. The molecule has 9 heteroatoms. The lowest BCUT2D eigenvalue weighted by Crippen LogP contribution is -2.46. The SMILES string of the molecule is CN=C(NCCS(=O)C(C)(C)C)NC1CCN(c2cc(OC)cc(OC)c2)C1.I. The van der Waals surface area contributed by atoms with Crippen molar-refractivity contribution < 1.29 is 13.7 Å². The second kappa shape index (κ2) is 11.8. The number of anilines is 1. The van der Waals surface area contributed by atoms with Crippen LogP contribution in [0.2, 0.25) is 0 Å². The summed E-state index contributed by atoms with van der Waals surface area (Å²) in [5, 5.41) is 6.75. The van der Waals surface area contributed by atoms with E-state index in [0.29, 0.717) is 12.3 Å². The van der Waals surface area contributed by atoms with Crippen LogP contribution in [0.3, 0.4) is 0 Å². The maximum Gasteiger partial charge on any atom is 0.191 e. The van der Waals surface area contributed by atoms with Gasteiger partial charge in [-0.3, -0.25) is 9.20 Å². The minimum atomic E-state index is -0.874. The second-order valence-electron chi connectivity index (χ2n) is 7.81. The number of ether oxygens (including phenoxy) is 2. The molecule has 0 saturated carbocycles. The molecule has 0 aromatic heterocycles. The zero-order valence-corrected chi connectivity index (χ0v) is 21.4. The number of benzene rings is 1. The van der Waals surface area contributed by atoms with Crippen LogP contribution < -0.4 is 25.0 Å². The summed E-state index contributed by atoms with van der Waals surface area (Å²) >= 11 is 0. The zero-order chi connectivity index (χ0) is 20.7. The zero-order valence-electron chi connectivity index (χ0n) is 18.3. The summed E-state index contributed by atoms with van der Waals surface area (Å²) in [5.41, 5.74) is 1.09. The monoisotopic (exact) mass is 538 g/mol. The van der Waals surface area contributed by atoms with Gasteiger partial charge in [0.05, 0.1) is 14.2 Å². The van der Waals surface area contributed by atoms with E-state index in [9.17, 15) is 4.21 Å². The molecule has 1 aliphatic rings. The number of methoxy groups -OCH3 is 2. The standard InChI is InChI=1S/C20H34N4O3S.HI/c1-20(2,3)28(25)10-8-22-19(21-4)23-15-7-9-24(14-15)16-11-17(26-5)13-18(12-16)27-6;/h11-13,15H,7-10,14H2,1-6H3,(H2,21,22,23);1H. The third-order valence-electron chi connectivity index (χ3n) is 4.72. The van der Waals surface area contributed by atoms with Crippen molar-refractivity contribution in [1.82, 2.24) is 10.6 Å². The summed E-state index contributed by atoms with van der Waals surface area (Å²) in [6.07, 6.45) is 1.01. The number of halogens is 1. The van der Waals surface area contributed by atoms with Crippen molar-refractivity contribution in [3.8, 4) is 11.5 Å². The number of guanidine groups is 1. The van der Waals surface area contributed by atoms with Crippen LogP contribution in [0.1, 0.15) is 27.2 Å². The van der Waals surface area contributed by atoms with Crippen LogP contribution in [0.15, 0.2) is 23.2 Å². The van der Waals surface area contributed by atoms with Gasteiger partial charge in [0, 0.05) is 77.9 Å². The molecule has 166 valence electrons. The molecule has 0 spiro atoms. The Morgan fingerprint density at radius 2 is 1.86 bits per heavy atom. The predicted octanol–water partition coefficient (Wildman–Crippen LogP) is 2.61. The molecule has 0 radical (unpaired) electrons. The molecule has 0 aliphatic carbocycles. The van der Waals surface area contributed by atoms with Gasteiger partial charge in [-0.05, 0) is 27.2 Å². The first-order chi connectivity index (χ1) is 13.3. The number of hydrogen-bond acceptors (Lipinski definition) is 5. The summed E-state index contributed by atoms with van der Waals surface area (Å²) in [6.45, 7) is 8.43. The molecule has 1 fully saturated rings. The van der Waals surface area contributed by atoms with Gasteiger partial charge in [0.25, 0.3) is 0 Å². The highest BCUT2D eigenvalue weighted by Gasteiger charge is 2.24. The fourth-order valence-electron chi connectivity index (χ4n) is 3.04. The molecule has 2 atom stereocenters. The Morgan fingerprint density at radius 3 is 2.38 bits per heavy atom. The Morgan fingerprint density at radius 1 is 1.24 bits per heavy atom. The predicted molar refractivity (Wildman–Crippen MR) is 133 cm³/mol. The van der Waals surface area contributed by atoms with Gasteiger partial charge >= 0.3 is 0 Å². The van der Waals surface area contributed by atoms with Gasteiger partial charge in [-0.1, -0.05) is 0 Å². The Labute approximate surface area is 194 Å². The molecule has 0 bridgehead atoms. The van der Waals surface area contributed by atoms with Crippen molar-refractivity contribution in [2.75, 3.05) is 51.6 Å². The van der Waals surface area contributed by atoms with Gasteiger partial charge < -0.3 is 25.0 Å². The number of nitrogens with one attached hydrogen (secondary N) is 2. The largest absolute Gasteiger partial charge is 0.497 e. The Bertz CT molecular complexity index is 687. The van der Waals surface area contributed by atoms with E-state index >= 15 is 0 Å². The fraction of sp³-hybridized carbons (Fsp3) is 0.650. The van der Waals surface area contributed by atoms with E-state index in [1.165, 1.54) is 0 Å². The lowest BCUT2D eigenvalue weighted by atomic mass is 10.2.